The molecule has 0 spiro atoms. The maximum Gasteiger partial charge on any atom is 0.237 e. The number of amides is 1. The summed E-state index contributed by atoms with van der Waals surface area (Å²) < 4.78 is 22.3. The van der Waals surface area contributed by atoms with Crippen LogP contribution < -0.4 is 11.1 Å². The van der Waals surface area contributed by atoms with Crippen LogP contribution in [0, 0.1) is 11.3 Å². The van der Waals surface area contributed by atoms with Crippen molar-refractivity contribution in [2.75, 3.05) is 12.0 Å². The Morgan fingerprint density at radius 1 is 1.29 bits per heavy atom. The van der Waals surface area contributed by atoms with Gasteiger partial charge in [-0.1, -0.05) is 33.6 Å². The van der Waals surface area contributed by atoms with Crippen LogP contribution in [-0.2, 0) is 14.6 Å². The minimum Gasteiger partial charge on any atom is -0.352 e. The SMILES string of the molecule is CC(C)(C)C1CCCCC1NC(=O)C(N)CCS(C)(=O)=O. The first-order valence-corrected chi connectivity index (χ1v) is 9.80. The summed E-state index contributed by atoms with van der Waals surface area (Å²) in [5, 5.41) is 3.05. The van der Waals surface area contributed by atoms with Crippen molar-refractivity contribution in [2.45, 2.75) is 65.0 Å². The van der Waals surface area contributed by atoms with Gasteiger partial charge in [-0.2, -0.15) is 0 Å². The summed E-state index contributed by atoms with van der Waals surface area (Å²) in [4.78, 5) is 12.2. The van der Waals surface area contributed by atoms with E-state index >= 15 is 0 Å². The Morgan fingerprint density at radius 3 is 2.38 bits per heavy atom. The largest absolute Gasteiger partial charge is 0.352 e. The van der Waals surface area contributed by atoms with Crippen molar-refractivity contribution in [2.24, 2.45) is 17.1 Å². The van der Waals surface area contributed by atoms with Crippen molar-refractivity contribution < 1.29 is 13.2 Å². The summed E-state index contributed by atoms with van der Waals surface area (Å²) in [6, 6.07) is -0.599. The molecular weight excluding hydrogens is 288 g/mol. The molecule has 5 nitrogen and oxygen atoms in total. The summed E-state index contributed by atoms with van der Waals surface area (Å²) in [7, 11) is -3.08. The number of hydrogen-bond donors (Lipinski definition) is 2. The van der Waals surface area contributed by atoms with Crippen molar-refractivity contribution in [3.8, 4) is 0 Å². The third-order valence-electron chi connectivity index (χ3n) is 4.34. The second kappa shape index (κ2) is 7.09. The summed E-state index contributed by atoms with van der Waals surface area (Å²) in [6.45, 7) is 6.60. The van der Waals surface area contributed by atoms with Crippen LogP contribution in [0.1, 0.15) is 52.9 Å². The first kappa shape index (κ1) is 18.4. The van der Waals surface area contributed by atoms with Gasteiger partial charge in [0.25, 0.3) is 0 Å². The van der Waals surface area contributed by atoms with Crippen LogP contribution in [-0.4, -0.2) is 38.4 Å². The van der Waals surface area contributed by atoms with Crippen LogP contribution in [0.3, 0.4) is 0 Å². The predicted octanol–water partition coefficient (Wildman–Crippen LogP) is 1.47. The molecule has 3 atom stereocenters. The standard InChI is InChI=1S/C15H30N2O3S/c1-15(2,3)11-7-5-6-8-13(11)17-14(18)12(16)9-10-21(4,19)20/h11-13H,5-10,16H2,1-4H3,(H,17,18). The quantitative estimate of drug-likeness (QED) is 0.803. The van der Waals surface area contributed by atoms with Crippen LogP contribution in [0.2, 0.25) is 0 Å². The molecule has 1 aliphatic carbocycles. The molecule has 0 aromatic carbocycles. The van der Waals surface area contributed by atoms with E-state index in [0.29, 0.717) is 5.92 Å². The van der Waals surface area contributed by atoms with Crippen LogP contribution in [0.5, 0.6) is 0 Å². The van der Waals surface area contributed by atoms with Crippen LogP contribution in [0.15, 0.2) is 0 Å². The molecule has 1 amide bonds. The molecule has 3 unspecified atom stereocenters. The van der Waals surface area contributed by atoms with Gasteiger partial charge in [0.05, 0.1) is 11.8 Å². The highest BCUT2D eigenvalue weighted by Crippen LogP contribution is 2.37. The number of nitrogens with one attached hydrogen (secondary N) is 1. The van der Waals surface area contributed by atoms with E-state index in [-0.39, 0.29) is 29.5 Å². The molecule has 0 bridgehead atoms. The fourth-order valence-electron chi connectivity index (χ4n) is 3.10. The molecule has 0 aromatic rings. The Bertz CT molecular complexity index is 454. The third-order valence-corrected chi connectivity index (χ3v) is 5.32. The lowest BCUT2D eigenvalue weighted by molar-refractivity contribution is -0.124. The molecule has 1 fully saturated rings. The van der Waals surface area contributed by atoms with Gasteiger partial charge in [0.15, 0.2) is 0 Å². The lowest BCUT2D eigenvalue weighted by atomic mass is 9.69. The zero-order chi connectivity index (χ0) is 16.3. The Kier molecular flexibility index (Phi) is 6.23. The van der Waals surface area contributed by atoms with E-state index in [9.17, 15) is 13.2 Å². The third kappa shape index (κ3) is 6.34. The molecule has 0 aromatic heterocycles. The maximum absolute atomic E-state index is 12.2. The fraction of sp³-hybridized carbons (Fsp3) is 0.933. The van der Waals surface area contributed by atoms with Crippen molar-refractivity contribution in [1.82, 2.24) is 5.32 Å². The lowest BCUT2D eigenvalue weighted by Gasteiger charge is -2.41. The Hall–Kier alpha value is -0.620. The maximum atomic E-state index is 12.2. The molecule has 6 heteroatoms. The Balaban J connectivity index is 2.59. The van der Waals surface area contributed by atoms with Gasteiger partial charge in [0, 0.05) is 12.3 Å². The number of nitrogens with two attached hydrogens (primary N) is 1. The minimum atomic E-state index is -3.08. The first-order chi connectivity index (χ1) is 9.50. The molecular formula is C15H30N2O3S. The van der Waals surface area contributed by atoms with Gasteiger partial charge >= 0.3 is 0 Å². The van der Waals surface area contributed by atoms with Gasteiger partial charge in [0.2, 0.25) is 5.91 Å². The van der Waals surface area contributed by atoms with E-state index in [4.69, 9.17) is 5.73 Å². The second-order valence-electron chi connectivity index (χ2n) is 7.40. The number of carbonyl (C=O) groups is 1. The molecule has 1 saturated carbocycles. The fourth-order valence-corrected chi connectivity index (χ4v) is 3.78. The number of sulfone groups is 1. The zero-order valence-electron chi connectivity index (χ0n) is 13.7. The monoisotopic (exact) mass is 318 g/mol. The molecule has 0 radical (unpaired) electrons. The topological polar surface area (TPSA) is 89.3 Å². The highest BCUT2D eigenvalue weighted by molar-refractivity contribution is 7.90. The van der Waals surface area contributed by atoms with E-state index in [1.165, 1.54) is 6.42 Å². The van der Waals surface area contributed by atoms with Gasteiger partial charge in [-0.25, -0.2) is 8.42 Å². The second-order valence-corrected chi connectivity index (χ2v) is 9.66. The molecule has 124 valence electrons. The molecule has 21 heavy (non-hydrogen) atoms. The molecule has 0 aliphatic heterocycles. The Morgan fingerprint density at radius 2 is 1.86 bits per heavy atom. The van der Waals surface area contributed by atoms with Crippen molar-refractivity contribution in [3.05, 3.63) is 0 Å². The lowest BCUT2D eigenvalue weighted by Crippen LogP contribution is -2.51. The van der Waals surface area contributed by atoms with Gasteiger partial charge in [-0.05, 0) is 30.6 Å². The van der Waals surface area contributed by atoms with Gasteiger partial charge in [-0.3, -0.25) is 4.79 Å². The van der Waals surface area contributed by atoms with Crippen molar-refractivity contribution in [3.63, 3.8) is 0 Å². The van der Waals surface area contributed by atoms with Gasteiger partial charge in [0.1, 0.15) is 9.84 Å². The van der Waals surface area contributed by atoms with Crippen LogP contribution >= 0.6 is 0 Å². The highest BCUT2D eigenvalue weighted by atomic mass is 32.2. The molecule has 1 rings (SSSR count). The van der Waals surface area contributed by atoms with Crippen LogP contribution in [0.4, 0.5) is 0 Å². The summed E-state index contributed by atoms with van der Waals surface area (Å²) in [6.07, 6.45) is 5.76. The van der Waals surface area contributed by atoms with Gasteiger partial charge in [-0.15, -0.1) is 0 Å². The van der Waals surface area contributed by atoms with E-state index in [1.807, 2.05) is 0 Å². The molecule has 0 heterocycles. The van der Waals surface area contributed by atoms with E-state index in [0.717, 1.165) is 25.5 Å². The Labute approximate surface area is 129 Å². The zero-order valence-corrected chi connectivity index (χ0v) is 14.5. The molecule has 0 saturated heterocycles. The number of rotatable bonds is 5. The average Bonchev–Trinajstić information content (AvgIpc) is 2.34. The molecule has 3 N–H and O–H groups in total. The van der Waals surface area contributed by atoms with E-state index < -0.39 is 15.9 Å². The molecule has 1 aliphatic rings. The summed E-state index contributed by atoms with van der Waals surface area (Å²) in [5.41, 5.74) is 5.97. The first-order valence-electron chi connectivity index (χ1n) is 7.74. The summed E-state index contributed by atoms with van der Waals surface area (Å²) in [5.74, 6) is 0.173. The van der Waals surface area contributed by atoms with E-state index in [1.54, 1.807) is 0 Å². The summed E-state index contributed by atoms with van der Waals surface area (Å²) >= 11 is 0. The van der Waals surface area contributed by atoms with Crippen molar-refractivity contribution in [1.29, 1.82) is 0 Å². The van der Waals surface area contributed by atoms with Gasteiger partial charge < -0.3 is 11.1 Å². The highest BCUT2D eigenvalue weighted by Gasteiger charge is 2.35. The predicted molar refractivity (Wildman–Crippen MR) is 85.6 cm³/mol. The van der Waals surface area contributed by atoms with E-state index in [2.05, 4.69) is 26.1 Å². The van der Waals surface area contributed by atoms with Crippen LogP contribution in [0.25, 0.3) is 0 Å². The minimum absolute atomic E-state index is 0.0467. The van der Waals surface area contributed by atoms with Crippen molar-refractivity contribution >= 4 is 15.7 Å². The average molecular weight is 318 g/mol. The normalized spacial score (nSPS) is 25.4. The number of carbonyl (C=O) groups excluding carboxylic acids is 1. The number of hydrogen-bond acceptors (Lipinski definition) is 4. The smallest absolute Gasteiger partial charge is 0.237 e.